The number of piperidine rings is 1. The summed E-state index contributed by atoms with van der Waals surface area (Å²) in [6.45, 7) is 2.05. The highest BCUT2D eigenvalue weighted by Crippen LogP contribution is 2.29. The van der Waals surface area contributed by atoms with Gasteiger partial charge in [0, 0.05) is 36.4 Å². The van der Waals surface area contributed by atoms with E-state index in [0.717, 1.165) is 31.6 Å². The third-order valence-corrected chi connectivity index (χ3v) is 4.92. The Labute approximate surface area is 147 Å². The molecule has 1 fully saturated rings. The molecule has 1 saturated heterocycles. The number of benzene rings is 1. The van der Waals surface area contributed by atoms with Gasteiger partial charge in [-0.3, -0.25) is 4.98 Å². The van der Waals surface area contributed by atoms with Crippen LogP contribution in [0.15, 0.2) is 54.7 Å². The molecule has 0 spiro atoms. The Kier molecular flexibility index (Phi) is 4.37. The number of amides is 2. The summed E-state index contributed by atoms with van der Waals surface area (Å²) in [5.41, 5.74) is 3.35. The molecule has 3 aromatic rings. The van der Waals surface area contributed by atoms with Gasteiger partial charge in [0.1, 0.15) is 0 Å². The minimum atomic E-state index is 0.000694. The van der Waals surface area contributed by atoms with Crippen LogP contribution in [-0.4, -0.2) is 34.0 Å². The van der Waals surface area contributed by atoms with E-state index in [1.807, 2.05) is 23.1 Å². The van der Waals surface area contributed by atoms with Crippen molar-refractivity contribution in [3.63, 3.8) is 0 Å². The fourth-order valence-corrected chi connectivity index (χ4v) is 3.49. The van der Waals surface area contributed by atoms with Gasteiger partial charge in [-0.2, -0.15) is 0 Å². The Hall–Kier alpha value is -2.82. The number of hydrogen-bond acceptors (Lipinski definition) is 2. The van der Waals surface area contributed by atoms with Crippen LogP contribution in [0.5, 0.6) is 0 Å². The minimum Gasteiger partial charge on any atom is -0.358 e. The van der Waals surface area contributed by atoms with Crippen molar-refractivity contribution in [3.8, 4) is 0 Å². The third-order valence-electron chi connectivity index (χ3n) is 4.92. The predicted octanol–water partition coefficient (Wildman–Crippen LogP) is 3.65. The maximum atomic E-state index is 12.3. The topological polar surface area (TPSA) is 61.0 Å². The molecule has 2 N–H and O–H groups in total. The average Bonchev–Trinajstić information content (AvgIpc) is 3.11. The second-order valence-corrected chi connectivity index (χ2v) is 6.55. The standard InChI is InChI=1S/C20H22N4O/c25-20(22-14-17-6-3-4-10-21-17)24-11-8-15(9-12-24)19-13-16-5-1-2-7-18(16)23-19/h1-7,10,13,15,23H,8-9,11-12,14H2,(H,22,25). The van der Waals surface area contributed by atoms with Crippen LogP contribution in [0.3, 0.4) is 0 Å². The summed E-state index contributed by atoms with van der Waals surface area (Å²) in [4.78, 5) is 22.0. The summed E-state index contributed by atoms with van der Waals surface area (Å²) in [7, 11) is 0. The summed E-state index contributed by atoms with van der Waals surface area (Å²) in [6, 6.07) is 16.3. The van der Waals surface area contributed by atoms with Gasteiger partial charge in [0.05, 0.1) is 12.2 Å². The lowest BCUT2D eigenvalue weighted by molar-refractivity contribution is 0.180. The molecular weight excluding hydrogens is 312 g/mol. The molecule has 0 radical (unpaired) electrons. The molecule has 128 valence electrons. The number of pyridine rings is 1. The van der Waals surface area contributed by atoms with Gasteiger partial charge in [0.15, 0.2) is 0 Å². The SMILES string of the molecule is O=C(NCc1ccccn1)N1CCC(c2cc3ccccc3[nH]2)CC1. The molecule has 2 aromatic heterocycles. The quantitative estimate of drug-likeness (QED) is 0.768. The molecule has 5 nitrogen and oxygen atoms in total. The number of hydrogen-bond donors (Lipinski definition) is 2. The van der Waals surface area contributed by atoms with Crippen LogP contribution in [0.2, 0.25) is 0 Å². The van der Waals surface area contributed by atoms with Crippen molar-refractivity contribution in [3.05, 3.63) is 66.1 Å². The van der Waals surface area contributed by atoms with Crippen LogP contribution in [0.25, 0.3) is 10.9 Å². The molecule has 0 bridgehead atoms. The molecule has 25 heavy (non-hydrogen) atoms. The van der Waals surface area contributed by atoms with Crippen molar-refractivity contribution in [1.29, 1.82) is 0 Å². The number of para-hydroxylation sites is 1. The minimum absolute atomic E-state index is 0.000694. The smallest absolute Gasteiger partial charge is 0.317 e. The fraction of sp³-hybridized carbons (Fsp3) is 0.300. The Morgan fingerprint density at radius 1 is 1.16 bits per heavy atom. The number of carbonyl (C=O) groups is 1. The number of nitrogens with one attached hydrogen (secondary N) is 2. The van der Waals surface area contributed by atoms with Gasteiger partial charge >= 0.3 is 6.03 Å². The predicted molar refractivity (Wildman–Crippen MR) is 98.3 cm³/mol. The van der Waals surface area contributed by atoms with Crippen molar-refractivity contribution in [2.45, 2.75) is 25.3 Å². The first kappa shape index (κ1) is 15.7. The average molecular weight is 334 g/mol. The van der Waals surface area contributed by atoms with Crippen LogP contribution in [0.1, 0.15) is 30.1 Å². The van der Waals surface area contributed by atoms with Gasteiger partial charge in [-0.1, -0.05) is 24.3 Å². The number of urea groups is 1. The van der Waals surface area contributed by atoms with Gasteiger partial charge in [0.2, 0.25) is 0 Å². The molecule has 2 amide bonds. The highest BCUT2D eigenvalue weighted by molar-refractivity contribution is 5.80. The van der Waals surface area contributed by atoms with E-state index in [0.29, 0.717) is 12.5 Å². The largest absolute Gasteiger partial charge is 0.358 e. The number of aromatic amines is 1. The molecule has 1 aliphatic rings. The Morgan fingerprint density at radius 3 is 2.72 bits per heavy atom. The lowest BCUT2D eigenvalue weighted by Gasteiger charge is -2.31. The number of fused-ring (bicyclic) bond motifs is 1. The van der Waals surface area contributed by atoms with Crippen molar-refractivity contribution in [2.24, 2.45) is 0 Å². The molecule has 1 aromatic carbocycles. The maximum Gasteiger partial charge on any atom is 0.317 e. The Morgan fingerprint density at radius 2 is 1.96 bits per heavy atom. The van der Waals surface area contributed by atoms with Crippen LogP contribution in [-0.2, 0) is 6.54 Å². The van der Waals surface area contributed by atoms with Crippen LogP contribution < -0.4 is 5.32 Å². The lowest BCUT2D eigenvalue weighted by atomic mass is 9.94. The van der Waals surface area contributed by atoms with Crippen molar-refractivity contribution in [1.82, 2.24) is 20.2 Å². The molecule has 0 saturated carbocycles. The number of aromatic nitrogens is 2. The van der Waals surface area contributed by atoms with Gasteiger partial charge in [0.25, 0.3) is 0 Å². The molecule has 0 unspecified atom stereocenters. The van der Waals surface area contributed by atoms with Gasteiger partial charge in [-0.25, -0.2) is 4.79 Å². The number of nitrogens with zero attached hydrogens (tertiary/aromatic N) is 2. The number of carbonyl (C=O) groups excluding carboxylic acids is 1. The van der Waals surface area contributed by atoms with E-state index in [2.05, 4.69) is 45.6 Å². The van der Waals surface area contributed by atoms with Gasteiger partial charge in [-0.05, 0) is 42.5 Å². The van der Waals surface area contributed by atoms with Crippen LogP contribution >= 0.6 is 0 Å². The molecule has 1 aliphatic heterocycles. The van der Waals surface area contributed by atoms with Crippen molar-refractivity contribution >= 4 is 16.9 Å². The first-order valence-electron chi connectivity index (χ1n) is 8.80. The van der Waals surface area contributed by atoms with E-state index in [9.17, 15) is 4.79 Å². The highest BCUT2D eigenvalue weighted by atomic mass is 16.2. The van der Waals surface area contributed by atoms with Crippen LogP contribution in [0.4, 0.5) is 4.79 Å². The molecule has 0 aliphatic carbocycles. The normalized spacial score (nSPS) is 15.4. The Balaban J connectivity index is 1.32. The highest BCUT2D eigenvalue weighted by Gasteiger charge is 2.24. The summed E-state index contributed by atoms with van der Waals surface area (Å²) >= 11 is 0. The van der Waals surface area contributed by atoms with E-state index < -0.39 is 0 Å². The molecular formula is C20H22N4O. The maximum absolute atomic E-state index is 12.3. The van der Waals surface area contributed by atoms with Crippen molar-refractivity contribution < 1.29 is 4.79 Å². The summed E-state index contributed by atoms with van der Waals surface area (Å²) in [6.07, 6.45) is 3.72. The summed E-state index contributed by atoms with van der Waals surface area (Å²) in [5, 5.41) is 4.22. The molecule has 4 rings (SSSR count). The first-order valence-corrected chi connectivity index (χ1v) is 8.80. The van der Waals surface area contributed by atoms with E-state index in [1.54, 1.807) is 6.20 Å². The van der Waals surface area contributed by atoms with Gasteiger partial charge in [-0.15, -0.1) is 0 Å². The van der Waals surface area contributed by atoms with E-state index in [4.69, 9.17) is 0 Å². The van der Waals surface area contributed by atoms with Crippen LogP contribution in [0, 0.1) is 0 Å². The second kappa shape index (κ2) is 6.97. The summed E-state index contributed by atoms with van der Waals surface area (Å²) in [5.74, 6) is 0.493. The molecule has 5 heteroatoms. The zero-order chi connectivity index (χ0) is 17.1. The molecule has 0 atom stereocenters. The first-order chi connectivity index (χ1) is 12.3. The zero-order valence-corrected chi connectivity index (χ0v) is 14.1. The van der Waals surface area contributed by atoms with E-state index in [1.165, 1.54) is 16.6 Å². The van der Waals surface area contributed by atoms with Crippen molar-refractivity contribution in [2.75, 3.05) is 13.1 Å². The lowest BCUT2D eigenvalue weighted by Crippen LogP contribution is -2.43. The fourth-order valence-electron chi connectivity index (χ4n) is 3.49. The zero-order valence-electron chi connectivity index (χ0n) is 14.1. The number of rotatable bonds is 3. The van der Waals surface area contributed by atoms with E-state index in [-0.39, 0.29) is 6.03 Å². The Bertz CT molecular complexity index is 817. The number of likely N-dealkylation sites (tertiary alicyclic amines) is 1. The molecule has 3 heterocycles. The second-order valence-electron chi connectivity index (χ2n) is 6.55. The van der Waals surface area contributed by atoms with Gasteiger partial charge < -0.3 is 15.2 Å². The third kappa shape index (κ3) is 3.50. The monoisotopic (exact) mass is 334 g/mol. The van der Waals surface area contributed by atoms with E-state index >= 15 is 0 Å². The summed E-state index contributed by atoms with van der Waals surface area (Å²) < 4.78 is 0. The number of H-pyrrole nitrogens is 1.